The fraction of sp³-hybridized carbons (Fsp3) is 0.308. The summed E-state index contributed by atoms with van der Waals surface area (Å²) >= 11 is 0.713. The van der Waals surface area contributed by atoms with Crippen molar-refractivity contribution in [2.75, 3.05) is 11.8 Å². The zero-order chi connectivity index (χ0) is 28.7. The van der Waals surface area contributed by atoms with Crippen LogP contribution < -0.4 is 9.46 Å². The Kier molecular flexibility index (Phi) is 7.77. The second-order valence-electron chi connectivity index (χ2n) is 9.72. The van der Waals surface area contributed by atoms with Crippen molar-refractivity contribution in [3.05, 3.63) is 64.0 Å². The molecule has 1 aliphatic rings. The fourth-order valence-electron chi connectivity index (χ4n) is 4.23. The average Bonchev–Trinajstić information content (AvgIpc) is 3.35. The number of halogens is 4. The lowest BCUT2D eigenvalue weighted by Crippen LogP contribution is -2.15. The molecule has 0 amide bonds. The number of methoxy groups -OCH3 is 1. The molecule has 0 saturated heterocycles. The number of thiazole rings is 1. The van der Waals surface area contributed by atoms with Crippen molar-refractivity contribution in [2.45, 2.75) is 44.6 Å². The number of hydrogen-bond donors (Lipinski definition) is 2. The normalized spacial score (nSPS) is 15.2. The van der Waals surface area contributed by atoms with Crippen molar-refractivity contribution in [1.29, 1.82) is 0 Å². The summed E-state index contributed by atoms with van der Waals surface area (Å²) < 4.78 is 90.7. The van der Waals surface area contributed by atoms with Gasteiger partial charge in [0.05, 0.1) is 23.9 Å². The molecule has 2 N–H and O–H groups in total. The first-order chi connectivity index (χ1) is 18.2. The molecular formula is C26H24F4N2O5S2. The molecule has 3 aromatic rings. The molecule has 13 heteroatoms. The molecule has 1 heterocycles. The Morgan fingerprint density at radius 1 is 1.21 bits per heavy atom. The Morgan fingerprint density at radius 2 is 1.90 bits per heavy atom. The van der Waals surface area contributed by atoms with E-state index in [0.717, 1.165) is 25.0 Å². The molecule has 0 bridgehead atoms. The summed E-state index contributed by atoms with van der Waals surface area (Å²) in [4.78, 5) is 15.1. The SMILES string of the molecule is COc1cc(C(=O)O)c(F)cc1NS(=O)(=O)c1csc(-c2ccc(C3=CCC(C)(C)CC3)c(F)c2C(F)F)n1. The van der Waals surface area contributed by atoms with E-state index in [1.54, 1.807) is 0 Å². The number of carbonyl (C=O) groups is 1. The number of nitrogens with zero attached hydrogens (tertiary/aromatic N) is 1. The van der Waals surface area contributed by atoms with Crippen LogP contribution in [0.15, 0.2) is 40.7 Å². The molecule has 1 aromatic heterocycles. The van der Waals surface area contributed by atoms with Crippen LogP contribution in [0.5, 0.6) is 5.75 Å². The van der Waals surface area contributed by atoms with Gasteiger partial charge in [-0.05, 0) is 36.3 Å². The van der Waals surface area contributed by atoms with Gasteiger partial charge in [0, 0.05) is 22.6 Å². The summed E-state index contributed by atoms with van der Waals surface area (Å²) in [6.07, 6.45) is 0.661. The zero-order valence-corrected chi connectivity index (χ0v) is 22.7. The maximum Gasteiger partial charge on any atom is 0.338 e. The number of carboxylic acids is 1. The van der Waals surface area contributed by atoms with Crippen molar-refractivity contribution in [2.24, 2.45) is 5.41 Å². The van der Waals surface area contributed by atoms with E-state index in [0.29, 0.717) is 35.8 Å². The van der Waals surface area contributed by atoms with Crippen LogP contribution in [0.4, 0.5) is 23.2 Å². The highest BCUT2D eigenvalue weighted by atomic mass is 32.2. The van der Waals surface area contributed by atoms with Gasteiger partial charge in [0.25, 0.3) is 16.4 Å². The predicted molar refractivity (Wildman–Crippen MR) is 139 cm³/mol. The minimum absolute atomic E-state index is 0.0381. The maximum absolute atomic E-state index is 15.4. The second kappa shape index (κ2) is 10.6. The predicted octanol–water partition coefficient (Wildman–Crippen LogP) is 7.13. The van der Waals surface area contributed by atoms with Crippen molar-refractivity contribution < 1.29 is 40.6 Å². The van der Waals surface area contributed by atoms with E-state index in [4.69, 9.17) is 9.84 Å². The summed E-state index contributed by atoms with van der Waals surface area (Å²) in [5, 5.41) is 9.39. The number of benzene rings is 2. The van der Waals surface area contributed by atoms with E-state index in [-0.39, 0.29) is 27.3 Å². The first kappa shape index (κ1) is 28.6. The van der Waals surface area contributed by atoms with Gasteiger partial charge in [-0.3, -0.25) is 4.72 Å². The van der Waals surface area contributed by atoms with Gasteiger partial charge in [-0.15, -0.1) is 11.3 Å². The third-order valence-corrected chi connectivity index (χ3v) is 8.74. The highest BCUT2D eigenvalue weighted by Gasteiger charge is 2.29. The molecule has 0 unspecified atom stereocenters. The molecule has 4 rings (SSSR count). The number of allylic oxidation sites excluding steroid dienone is 2. The topological polar surface area (TPSA) is 106 Å². The molecule has 1 aliphatic carbocycles. The van der Waals surface area contributed by atoms with Crippen LogP contribution in [0.2, 0.25) is 0 Å². The number of alkyl halides is 2. The van der Waals surface area contributed by atoms with E-state index in [2.05, 4.69) is 23.6 Å². The molecule has 0 spiro atoms. The van der Waals surface area contributed by atoms with Gasteiger partial charge in [0.2, 0.25) is 0 Å². The van der Waals surface area contributed by atoms with Crippen molar-refractivity contribution in [1.82, 2.24) is 4.98 Å². The lowest BCUT2D eigenvalue weighted by Gasteiger charge is -2.29. The first-order valence-corrected chi connectivity index (χ1v) is 14.0. The molecule has 2 aromatic carbocycles. The Balaban J connectivity index is 1.69. The maximum atomic E-state index is 15.4. The van der Waals surface area contributed by atoms with Gasteiger partial charge in [-0.2, -0.15) is 8.42 Å². The Morgan fingerprint density at radius 3 is 2.49 bits per heavy atom. The van der Waals surface area contributed by atoms with Crippen LogP contribution in [0.25, 0.3) is 16.1 Å². The largest absolute Gasteiger partial charge is 0.495 e. The van der Waals surface area contributed by atoms with Crippen LogP contribution in [-0.2, 0) is 10.0 Å². The van der Waals surface area contributed by atoms with Crippen LogP contribution in [-0.4, -0.2) is 31.6 Å². The number of aromatic nitrogens is 1. The summed E-state index contributed by atoms with van der Waals surface area (Å²) in [6.45, 7) is 4.15. The van der Waals surface area contributed by atoms with Gasteiger partial charge in [-0.25, -0.2) is 27.3 Å². The molecular weight excluding hydrogens is 560 g/mol. The summed E-state index contributed by atoms with van der Waals surface area (Å²) in [5.74, 6) is -4.15. The molecule has 0 saturated carbocycles. The van der Waals surface area contributed by atoms with Gasteiger partial charge in [0.1, 0.15) is 22.4 Å². The van der Waals surface area contributed by atoms with Gasteiger partial charge >= 0.3 is 5.97 Å². The second-order valence-corrected chi connectivity index (χ2v) is 12.2. The molecule has 208 valence electrons. The number of sulfonamides is 1. The minimum Gasteiger partial charge on any atom is -0.495 e. The standard InChI is InChI=1S/C26H24F4N2O5S2/c1-26(2)8-6-13(7-9-26)14-4-5-15(21(22(14)28)23(29)30)24-31-20(12-38-24)39(35,36)32-18-11-17(27)16(25(33)34)10-19(18)37-3/h4-6,10-12,23,32H,7-9H2,1-3H3,(H,33,34). The van der Waals surface area contributed by atoms with Crippen molar-refractivity contribution >= 4 is 38.6 Å². The molecule has 7 nitrogen and oxygen atoms in total. The third kappa shape index (κ3) is 5.78. The van der Waals surface area contributed by atoms with E-state index < -0.39 is 55.9 Å². The number of aromatic carboxylic acids is 1. The summed E-state index contributed by atoms with van der Waals surface area (Å²) in [6, 6.07) is 4.14. The smallest absolute Gasteiger partial charge is 0.338 e. The highest BCUT2D eigenvalue weighted by molar-refractivity contribution is 7.92. The number of anilines is 1. The lowest BCUT2D eigenvalue weighted by atomic mass is 9.77. The zero-order valence-electron chi connectivity index (χ0n) is 21.0. The number of nitrogens with one attached hydrogen (secondary N) is 1. The number of ether oxygens (including phenoxy) is 1. The van der Waals surface area contributed by atoms with Crippen LogP contribution >= 0.6 is 11.3 Å². The van der Waals surface area contributed by atoms with Crippen LogP contribution in [0.3, 0.4) is 0 Å². The monoisotopic (exact) mass is 584 g/mol. The molecule has 0 radical (unpaired) electrons. The highest BCUT2D eigenvalue weighted by Crippen LogP contribution is 2.42. The molecule has 0 fully saturated rings. The van der Waals surface area contributed by atoms with Crippen LogP contribution in [0.1, 0.15) is 61.0 Å². The van der Waals surface area contributed by atoms with Gasteiger partial charge in [0.15, 0.2) is 5.03 Å². The molecule has 0 aliphatic heterocycles. The average molecular weight is 585 g/mol. The van der Waals surface area contributed by atoms with E-state index in [1.165, 1.54) is 12.1 Å². The quantitative estimate of drug-likeness (QED) is 0.273. The van der Waals surface area contributed by atoms with E-state index in [1.807, 2.05) is 6.08 Å². The van der Waals surface area contributed by atoms with Crippen molar-refractivity contribution in [3.63, 3.8) is 0 Å². The number of hydrogen-bond acceptors (Lipinski definition) is 6. The molecule has 0 atom stereocenters. The Bertz CT molecular complexity index is 1580. The first-order valence-electron chi connectivity index (χ1n) is 11.6. The van der Waals surface area contributed by atoms with Gasteiger partial charge < -0.3 is 9.84 Å². The number of carboxylic acid groups (broad SMARTS) is 1. The molecule has 39 heavy (non-hydrogen) atoms. The minimum atomic E-state index is -4.50. The Labute approximate surface area is 226 Å². The van der Waals surface area contributed by atoms with Crippen molar-refractivity contribution in [3.8, 4) is 16.3 Å². The van der Waals surface area contributed by atoms with Gasteiger partial charge in [-0.1, -0.05) is 32.1 Å². The summed E-state index contributed by atoms with van der Waals surface area (Å²) in [5.41, 5.74) is -1.50. The summed E-state index contributed by atoms with van der Waals surface area (Å²) in [7, 11) is -3.37. The number of rotatable bonds is 8. The lowest BCUT2D eigenvalue weighted by molar-refractivity contribution is 0.0691. The Hall–Kier alpha value is -3.45. The van der Waals surface area contributed by atoms with E-state index in [9.17, 15) is 26.4 Å². The fourth-order valence-corrected chi connectivity index (χ4v) is 6.43. The third-order valence-electron chi connectivity index (χ3n) is 6.47. The van der Waals surface area contributed by atoms with Crippen LogP contribution in [0, 0.1) is 17.0 Å². The van der Waals surface area contributed by atoms with E-state index >= 15 is 4.39 Å².